The van der Waals surface area contributed by atoms with E-state index in [9.17, 15) is 5.11 Å². The zero-order chi connectivity index (χ0) is 13.2. The molecule has 0 bridgehead atoms. The predicted molar refractivity (Wildman–Crippen MR) is 77.0 cm³/mol. The van der Waals surface area contributed by atoms with E-state index in [1.54, 1.807) is 6.20 Å². The molecule has 3 rings (SSSR count). The van der Waals surface area contributed by atoms with Gasteiger partial charge in [0.1, 0.15) is 6.10 Å². The molecular weight excluding hydrogens is 234 g/mol. The first-order valence-electron chi connectivity index (χ1n) is 6.33. The van der Waals surface area contributed by atoms with E-state index in [1.807, 2.05) is 61.7 Å². The van der Waals surface area contributed by atoms with Gasteiger partial charge in [0.15, 0.2) is 0 Å². The highest BCUT2D eigenvalue weighted by atomic mass is 16.3. The molecule has 0 aliphatic heterocycles. The zero-order valence-electron chi connectivity index (χ0n) is 10.7. The highest BCUT2D eigenvalue weighted by molar-refractivity contribution is 5.85. The molecule has 0 fully saturated rings. The summed E-state index contributed by atoms with van der Waals surface area (Å²) < 4.78 is 0. The summed E-state index contributed by atoms with van der Waals surface area (Å²) >= 11 is 0. The van der Waals surface area contributed by atoms with E-state index in [0.29, 0.717) is 0 Å². The molecule has 3 aromatic rings. The van der Waals surface area contributed by atoms with Crippen molar-refractivity contribution >= 4 is 10.8 Å². The molecule has 0 radical (unpaired) electrons. The summed E-state index contributed by atoms with van der Waals surface area (Å²) in [6.45, 7) is 2.04. The first-order valence-corrected chi connectivity index (χ1v) is 6.33. The topological polar surface area (TPSA) is 33.1 Å². The minimum Gasteiger partial charge on any atom is -0.384 e. The summed E-state index contributed by atoms with van der Waals surface area (Å²) in [7, 11) is 0. The van der Waals surface area contributed by atoms with Crippen LogP contribution in [0.4, 0.5) is 0 Å². The quantitative estimate of drug-likeness (QED) is 0.752. The summed E-state index contributed by atoms with van der Waals surface area (Å²) in [5.74, 6) is 0. The number of aliphatic hydroxyl groups is 1. The number of benzene rings is 2. The van der Waals surface area contributed by atoms with Gasteiger partial charge in [-0.15, -0.1) is 0 Å². The van der Waals surface area contributed by atoms with Crippen LogP contribution in [0.1, 0.15) is 22.8 Å². The minimum atomic E-state index is -0.605. The lowest BCUT2D eigenvalue weighted by Crippen LogP contribution is -2.00. The SMILES string of the molecule is Cc1ccc(C(O)c2cccc3cnccc23)cc1. The Morgan fingerprint density at radius 2 is 1.79 bits per heavy atom. The van der Waals surface area contributed by atoms with Crippen molar-refractivity contribution in [3.8, 4) is 0 Å². The number of hydrogen-bond donors (Lipinski definition) is 1. The fourth-order valence-electron chi connectivity index (χ4n) is 2.31. The van der Waals surface area contributed by atoms with Gasteiger partial charge in [-0.2, -0.15) is 0 Å². The second-order valence-electron chi connectivity index (χ2n) is 4.76. The number of hydrogen-bond acceptors (Lipinski definition) is 2. The van der Waals surface area contributed by atoms with Crippen LogP contribution in [-0.2, 0) is 0 Å². The molecule has 0 saturated heterocycles. The van der Waals surface area contributed by atoms with Gasteiger partial charge in [-0.05, 0) is 29.5 Å². The van der Waals surface area contributed by atoms with E-state index < -0.39 is 6.10 Å². The Balaban J connectivity index is 2.11. The molecule has 2 heteroatoms. The van der Waals surface area contributed by atoms with Crippen molar-refractivity contribution < 1.29 is 5.11 Å². The Bertz CT molecular complexity index is 699. The number of pyridine rings is 1. The molecule has 1 unspecified atom stereocenters. The largest absolute Gasteiger partial charge is 0.384 e. The molecule has 0 aliphatic carbocycles. The molecule has 0 aliphatic rings. The summed E-state index contributed by atoms with van der Waals surface area (Å²) in [5, 5.41) is 12.7. The van der Waals surface area contributed by atoms with Crippen molar-refractivity contribution in [2.45, 2.75) is 13.0 Å². The smallest absolute Gasteiger partial charge is 0.105 e. The summed E-state index contributed by atoms with van der Waals surface area (Å²) in [6, 6.07) is 15.9. The Morgan fingerprint density at radius 3 is 2.58 bits per heavy atom. The van der Waals surface area contributed by atoms with Crippen molar-refractivity contribution in [2.75, 3.05) is 0 Å². The van der Waals surface area contributed by atoms with E-state index in [-0.39, 0.29) is 0 Å². The van der Waals surface area contributed by atoms with Crippen LogP contribution in [-0.4, -0.2) is 10.1 Å². The van der Waals surface area contributed by atoms with Gasteiger partial charge in [0.25, 0.3) is 0 Å². The van der Waals surface area contributed by atoms with Crippen molar-refractivity contribution in [1.29, 1.82) is 0 Å². The van der Waals surface area contributed by atoms with Crippen LogP contribution >= 0.6 is 0 Å². The summed E-state index contributed by atoms with van der Waals surface area (Å²) in [4.78, 5) is 4.12. The fourth-order valence-corrected chi connectivity index (χ4v) is 2.31. The average Bonchev–Trinajstić information content (AvgIpc) is 2.47. The monoisotopic (exact) mass is 249 g/mol. The van der Waals surface area contributed by atoms with Gasteiger partial charge in [-0.3, -0.25) is 4.98 Å². The molecule has 0 spiro atoms. The number of aromatic nitrogens is 1. The average molecular weight is 249 g/mol. The lowest BCUT2D eigenvalue weighted by molar-refractivity contribution is 0.222. The van der Waals surface area contributed by atoms with Gasteiger partial charge < -0.3 is 5.11 Å². The second kappa shape index (κ2) is 4.82. The molecule has 2 aromatic carbocycles. The number of aliphatic hydroxyl groups excluding tert-OH is 1. The molecule has 1 heterocycles. The number of aryl methyl sites for hydroxylation is 1. The molecule has 94 valence electrons. The zero-order valence-corrected chi connectivity index (χ0v) is 10.7. The van der Waals surface area contributed by atoms with E-state index in [4.69, 9.17) is 0 Å². The van der Waals surface area contributed by atoms with Gasteiger partial charge in [-0.1, -0.05) is 48.0 Å². The molecular formula is C17H15NO. The van der Waals surface area contributed by atoms with Crippen molar-refractivity contribution in [3.05, 3.63) is 77.6 Å². The minimum absolute atomic E-state index is 0.605. The van der Waals surface area contributed by atoms with Gasteiger partial charge in [-0.25, -0.2) is 0 Å². The number of rotatable bonds is 2. The lowest BCUT2D eigenvalue weighted by Gasteiger charge is -2.14. The predicted octanol–water partition coefficient (Wildman–Crippen LogP) is 3.62. The highest BCUT2D eigenvalue weighted by Gasteiger charge is 2.12. The van der Waals surface area contributed by atoms with Crippen molar-refractivity contribution in [3.63, 3.8) is 0 Å². The van der Waals surface area contributed by atoms with E-state index >= 15 is 0 Å². The van der Waals surface area contributed by atoms with Crippen LogP contribution in [0, 0.1) is 6.92 Å². The summed E-state index contributed by atoms with van der Waals surface area (Å²) in [5.41, 5.74) is 3.02. The van der Waals surface area contributed by atoms with Crippen LogP contribution in [0.15, 0.2) is 60.9 Å². The van der Waals surface area contributed by atoms with Crippen LogP contribution < -0.4 is 0 Å². The normalized spacial score (nSPS) is 12.5. The maximum absolute atomic E-state index is 10.6. The molecule has 1 atom stereocenters. The maximum Gasteiger partial charge on any atom is 0.105 e. The lowest BCUT2D eigenvalue weighted by atomic mass is 9.96. The number of nitrogens with zero attached hydrogens (tertiary/aromatic N) is 1. The maximum atomic E-state index is 10.6. The Labute approximate surface area is 112 Å². The third-order valence-corrected chi connectivity index (χ3v) is 3.40. The Morgan fingerprint density at radius 1 is 1.00 bits per heavy atom. The second-order valence-corrected chi connectivity index (χ2v) is 4.76. The Hall–Kier alpha value is -2.19. The van der Waals surface area contributed by atoms with Crippen molar-refractivity contribution in [1.82, 2.24) is 4.98 Å². The highest BCUT2D eigenvalue weighted by Crippen LogP contribution is 2.28. The molecule has 1 aromatic heterocycles. The molecule has 1 N–H and O–H groups in total. The molecule has 19 heavy (non-hydrogen) atoms. The standard InChI is InChI=1S/C17H15NO/c1-12-5-7-13(8-6-12)17(19)16-4-2-3-14-11-18-10-9-15(14)16/h2-11,17,19H,1H3. The molecule has 0 saturated carbocycles. The third-order valence-electron chi connectivity index (χ3n) is 3.40. The van der Waals surface area contributed by atoms with Crippen LogP contribution in [0.5, 0.6) is 0 Å². The molecule has 0 amide bonds. The van der Waals surface area contributed by atoms with Crippen LogP contribution in [0.25, 0.3) is 10.8 Å². The fraction of sp³-hybridized carbons (Fsp3) is 0.118. The van der Waals surface area contributed by atoms with E-state index in [0.717, 1.165) is 21.9 Å². The third kappa shape index (κ3) is 2.23. The first-order chi connectivity index (χ1) is 9.25. The first kappa shape index (κ1) is 11.9. The number of fused-ring (bicyclic) bond motifs is 1. The molecule has 2 nitrogen and oxygen atoms in total. The van der Waals surface area contributed by atoms with Gasteiger partial charge in [0, 0.05) is 17.8 Å². The van der Waals surface area contributed by atoms with Crippen LogP contribution in [0.2, 0.25) is 0 Å². The van der Waals surface area contributed by atoms with Crippen LogP contribution in [0.3, 0.4) is 0 Å². The van der Waals surface area contributed by atoms with E-state index in [1.165, 1.54) is 5.56 Å². The van der Waals surface area contributed by atoms with Gasteiger partial charge in [0.05, 0.1) is 0 Å². The summed E-state index contributed by atoms with van der Waals surface area (Å²) in [6.07, 6.45) is 2.97. The van der Waals surface area contributed by atoms with Gasteiger partial charge >= 0.3 is 0 Å². The Kier molecular flexibility index (Phi) is 3.02. The van der Waals surface area contributed by atoms with Crippen molar-refractivity contribution in [2.24, 2.45) is 0 Å². The van der Waals surface area contributed by atoms with E-state index in [2.05, 4.69) is 4.98 Å². The van der Waals surface area contributed by atoms with Gasteiger partial charge in [0.2, 0.25) is 0 Å².